The summed E-state index contributed by atoms with van der Waals surface area (Å²) in [4.78, 5) is 0. The van der Waals surface area contributed by atoms with Gasteiger partial charge >= 0.3 is 106 Å². The van der Waals surface area contributed by atoms with Crippen LogP contribution in [0.5, 0.6) is 0 Å². The predicted molar refractivity (Wildman–Crippen MR) is 60.8 cm³/mol. The molecule has 0 atom stereocenters. The van der Waals surface area contributed by atoms with Crippen LogP contribution in [0.1, 0.15) is 16.7 Å². The molecule has 0 saturated heterocycles. The van der Waals surface area contributed by atoms with Gasteiger partial charge in [-0.05, 0) is 0 Å². The molecule has 0 aromatic heterocycles. The van der Waals surface area contributed by atoms with Gasteiger partial charge in [-0.3, -0.25) is 0 Å². The molecular formula is C14H12Zr+2. The van der Waals surface area contributed by atoms with Crippen LogP contribution in [0.25, 0.3) is 0 Å². The fourth-order valence-electron chi connectivity index (χ4n) is 1.49. The van der Waals surface area contributed by atoms with Gasteiger partial charge in [-0.1, -0.05) is 0 Å². The predicted octanol–water partition coefficient (Wildman–Crippen LogP) is 3.11. The van der Waals surface area contributed by atoms with Crippen LogP contribution >= 0.6 is 0 Å². The van der Waals surface area contributed by atoms with Crippen molar-refractivity contribution in [3.63, 3.8) is 0 Å². The molecule has 0 nitrogen and oxygen atoms in total. The van der Waals surface area contributed by atoms with E-state index in [1.165, 1.54) is 44.1 Å². The summed E-state index contributed by atoms with van der Waals surface area (Å²) in [6.07, 6.45) is 0. The molecule has 0 N–H and O–H groups in total. The molecule has 0 amide bonds. The van der Waals surface area contributed by atoms with E-state index in [0.29, 0.717) is 0 Å². The van der Waals surface area contributed by atoms with Gasteiger partial charge in [0.15, 0.2) is 0 Å². The minimum absolute atomic E-state index is 1.32. The summed E-state index contributed by atoms with van der Waals surface area (Å²) in [7, 11) is 0. The Bertz CT molecular complexity index is 454. The molecule has 2 aromatic rings. The average molecular weight is 271 g/mol. The number of hydrogen-bond donors (Lipinski definition) is 0. The summed E-state index contributed by atoms with van der Waals surface area (Å²) in [6.45, 7) is 2.12. The first-order valence-electron chi connectivity index (χ1n) is 4.98. The Labute approximate surface area is 105 Å². The van der Waals surface area contributed by atoms with Gasteiger partial charge in [-0.15, -0.1) is 0 Å². The Balaban J connectivity index is 2.33. The van der Waals surface area contributed by atoms with Crippen molar-refractivity contribution in [3.8, 4) is 0 Å². The molecule has 0 heterocycles. The molecule has 0 spiro atoms. The van der Waals surface area contributed by atoms with E-state index in [2.05, 4.69) is 61.5 Å². The van der Waals surface area contributed by atoms with Crippen LogP contribution in [0.4, 0.5) is 0 Å². The first-order chi connectivity index (χ1) is 7.27. The maximum absolute atomic E-state index is 2.20. The van der Waals surface area contributed by atoms with Crippen LogP contribution in [0.3, 0.4) is 0 Å². The molecule has 70 valence electrons. The van der Waals surface area contributed by atoms with Crippen molar-refractivity contribution >= 4 is 3.21 Å². The quantitative estimate of drug-likeness (QED) is 0.787. The van der Waals surface area contributed by atoms with Crippen LogP contribution in [0.2, 0.25) is 0 Å². The molecule has 2 aromatic carbocycles. The van der Waals surface area contributed by atoms with Crippen molar-refractivity contribution in [2.24, 2.45) is 0 Å². The zero-order valence-corrected chi connectivity index (χ0v) is 11.2. The van der Waals surface area contributed by atoms with E-state index in [-0.39, 0.29) is 0 Å². The second-order valence-electron chi connectivity index (χ2n) is 3.61. The summed E-state index contributed by atoms with van der Waals surface area (Å²) >= 11 is 1.46. The zero-order chi connectivity index (χ0) is 10.7. The second-order valence-corrected chi connectivity index (χ2v) is 4.84. The molecule has 0 saturated carbocycles. The van der Waals surface area contributed by atoms with E-state index in [0.717, 1.165) is 0 Å². The molecule has 15 heavy (non-hydrogen) atoms. The van der Waals surface area contributed by atoms with E-state index in [9.17, 15) is 0 Å². The van der Waals surface area contributed by atoms with Crippen molar-refractivity contribution in [2.75, 3.05) is 0 Å². The molecule has 0 radical (unpaired) electrons. The van der Waals surface area contributed by atoms with E-state index in [1.807, 2.05) is 0 Å². The summed E-state index contributed by atoms with van der Waals surface area (Å²) in [5.74, 6) is 0. The fourth-order valence-corrected chi connectivity index (χ4v) is 2.31. The topological polar surface area (TPSA) is 0 Å². The van der Waals surface area contributed by atoms with Gasteiger partial charge in [0, 0.05) is 0 Å². The first kappa shape index (κ1) is 10.7. The number of aryl methyl sites for hydroxylation is 1. The van der Waals surface area contributed by atoms with Gasteiger partial charge in [-0.2, -0.15) is 0 Å². The molecule has 1 heteroatoms. The van der Waals surface area contributed by atoms with Crippen molar-refractivity contribution < 1.29 is 24.2 Å². The fraction of sp³-hybridized carbons (Fsp3) is 0.0714. The third kappa shape index (κ3) is 2.60. The monoisotopic (exact) mass is 270 g/mol. The van der Waals surface area contributed by atoms with Crippen molar-refractivity contribution in [2.45, 2.75) is 6.92 Å². The van der Waals surface area contributed by atoms with Gasteiger partial charge < -0.3 is 0 Å². The zero-order valence-electron chi connectivity index (χ0n) is 8.70. The maximum atomic E-state index is 2.20. The molecule has 0 fully saturated rings. The molecule has 0 unspecified atom stereocenters. The third-order valence-corrected chi connectivity index (χ3v) is 3.82. The SMILES string of the molecule is Cc1ccc([C](=[Zr+2])c2ccccc2)cc1. The molecule has 0 aliphatic carbocycles. The number of benzene rings is 2. The van der Waals surface area contributed by atoms with Gasteiger partial charge in [0.05, 0.1) is 0 Å². The first-order valence-corrected chi connectivity index (χ1v) is 6.21. The Morgan fingerprint density at radius 1 is 0.800 bits per heavy atom. The second kappa shape index (κ2) is 4.81. The van der Waals surface area contributed by atoms with Crippen LogP contribution in [-0.4, -0.2) is 3.21 Å². The number of rotatable bonds is 2. The third-order valence-electron chi connectivity index (χ3n) is 2.40. The van der Waals surface area contributed by atoms with Gasteiger partial charge in [0.25, 0.3) is 0 Å². The van der Waals surface area contributed by atoms with E-state index < -0.39 is 0 Å². The summed E-state index contributed by atoms with van der Waals surface area (Å²) < 4.78 is 1.42. The number of hydrogen-bond acceptors (Lipinski definition) is 0. The van der Waals surface area contributed by atoms with Crippen molar-refractivity contribution in [3.05, 3.63) is 71.3 Å². The molecule has 0 bridgehead atoms. The average Bonchev–Trinajstić information content (AvgIpc) is 2.30. The van der Waals surface area contributed by atoms with Gasteiger partial charge in [0.1, 0.15) is 0 Å². The molecular weight excluding hydrogens is 259 g/mol. The van der Waals surface area contributed by atoms with Gasteiger partial charge in [-0.25, -0.2) is 0 Å². The Kier molecular flexibility index (Phi) is 3.43. The van der Waals surface area contributed by atoms with Crippen LogP contribution in [0.15, 0.2) is 54.6 Å². The summed E-state index contributed by atoms with van der Waals surface area (Å²) in [6, 6.07) is 19.3. The Hall–Kier alpha value is -0.807. The summed E-state index contributed by atoms with van der Waals surface area (Å²) in [5, 5.41) is 0. The Morgan fingerprint density at radius 2 is 1.33 bits per heavy atom. The molecule has 0 aliphatic rings. The summed E-state index contributed by atoms with van der Waals surface area (Å²) in [5.41, 5.74) is 3.99. The van der Waals surface area contributed by atoms with Crippen LogP contribution in [0, 0.1) is 6.92 Å². The van der Waals surface area contributed by atoms with Crippen LogP contribution < -0.4 is 0 Å². The van der Waals surface area contributed by atoms with E-state index in [4.69, 9.17) is 0 Å². The normalized spacial score (nSPS) is 10.1. The van der Waals surface area contributed by atoms with Crippen LogP contribution in [-0.2, 0) is 24.2 Å². The van der Waals surface area contributed by atoms with E-state index in [1.54, 1.807) is 0 Å². The molecule has 0 aliphatic heterocycles. The van der Waals surface area contributed by atoms with Gasteiger partial charge in [0.2, 0.25) is 0 Å². The van der Waals surface area contributed by atoms with Crippen molar-refractivity contribution in [1.29, 1.82) is 0 Å². The van der Waals surface area contributed by atoms with Crippen molar-refractivity contribution in [1.82, 2.24) is 0 Å². The van der Waals surface area contributed by atoms with E-state index >= 15 is 0 Å². The Morgan fingerprint density at radius 3 is 1.93 bits per heavy atom. The standard InChI is InChI=1S/C14H12.Zr/c1-12-7-9-14(10-8-12)11-13-5-3-2-4-6-13;/h2-10H,1H3;/q;+2. The molecule has 2 rings (SSSR count). The minimum atomic E-state index is 1.32.